The lowest BCUT2D eigenvalue weighted by Gasteiger charge is -2.19. The van der Waals surface area contributed by atoms with E-state index in [2.05, 4.69) is 42.3 Å². The zero-order valence-electron chi connectivity index (χ0n) is 11.9. The number of nitrogens with one attached hydrogen (secondary N) is 1. The highest BCUT2D eigenvalue weighted by Gasteiger charge is 2.19. The van der Waals surface area contributed by atoms with E-state index in [1.165, 1.54) is 0 Å². The van der Waals surface area contributed by atoms with Crippen molar-refractivity contribution in [1.29, 1.82) is 0 Å². The number of rotatable bonds is 3. The Bertz CT molecular complexity index is 609. The molecule has 0 aliphatic carbocycles. The number of hydrogen-bond acceptors (Lipinski definition) is 2. The molecule has 4 nitrogen and oxygen atoms in total. The fourth-order valence-corrected chi connectivity index (χ4v) is 2.56. The molecule has 0 aliphatic rings. The van der Waals surface area contributed by atoms with Crippen LogP contribution in [0.25, 0.3) is 11.2 Å². The Morgan fingerprint density at radius 2 is 2.00 bits per heavy atom. The van der Waals surface area contributed by atoms with Crippen molar-refractivity contribution in [3.8, 4) is 0 Å². The van der Waals surface area contributed by atoms with Crippen molar-refractivity contribution in [2.24, 2.45) is 12.5 Å². The van der Waals surface area contributed by atoms with E-state index in [0.717, 1.165) is 41.0 Å². The molecular weight excluding hydrogens is 244 g/mol. The predicted molar refractivity (Wildman–Crippen MR) is 77.3 cm³/mol. The second kappa shape index (κ2) is 4.53. The molecule has 0 unspecified atom stereocenters. The lowest BCUT2D eigenvalue weighted by Crippen LogP contribution is -2.16. The fraction of sp³-hybridized carbons (Fsp3) is 0.692. The highest BCUT2D eigenvalue weighted by molar-refractivity contribution is 7.71. The van der Waals surface area contributed by atoms with Crippen molar-refractivity contribution in [1.82, 2.24) is 19.3 Å². The van der Waals surface area contributed by atoms with Crippen LogP contribution in [0.5, 0.6) is 0 Å². The summed E-state index contributed by atoms with van der Waals surface area (Å²) in [5.41, 5.74) is 3.53. The molecule has 0 saturated heterocycles. The topological polar surface area (TPSA) is 38.5 Å². The van der Waals surface area contributed by atoms with E-state index >= 15 is 0 Å². The molecule has 2 heterocycles. The molecule has 2 aromatic rings. The Morgan fingerprint density at radius 3 is 2.56 bits per heavy atom. The van der Waals surface area contributed by atoms with Gasteiger partial charge in [-0.05, 0) is 24.1 Å². The van der Waals surface area contributed by atoms with Crippen LogP contribution < -0.4 is 0 Å². The number of fused-ring (bicyclic) bond motifs is 1. The van der Waals surface area contributed by atoms with Crippen molar-refractivity contribution < 1.29 is 0 Å². The van der Waals surface area contributed by atoms with Gasteiger partial charge in [-0.1, -0.05) is 34.1 Å². The van der Waals surface area contributed by atoms with Crippen LogP contribution in [0.1, 0.15) is 39.8 Å². The molecule has 2 rings (SSSR count). The summed E-state index contributed by atoms with van der Waals surface area (Å²) in [5, 5.41) is 4.59. The van der Waals surface area contributed by atoms with Crippen LogP contribution in [0.15, 0.2) is 0 Å². The largest absolute Gasteiger partial charge is 0.328 e. The first-order chi connectivity index (χ1) is 8.33. The van der Waals surface area contributed by atoms with Gasteiger partial charge >= 0.3 is 0 Å². The maximum absolute atomic E-state index is 5.44. The van der Waals surface area contributed by atoms with E-state index in [9.17, 15) is 0 Å². The van der Waals surface area contributed by atoms with Gasteiger partial charge in [0.25, 0.3) is 0 Å². The summed E-state index contributed by atoms with van der Waals surface area (Å²) < 4.78 is 4.90. The minimum absolute atomic E-state index is 0.197. The second-order valence-corrected chi connectivity index (χ2v) is 6.48. The van der Waals surface area contributed by atoms with Gasteiger partial charge in [-0.2, -0.15) is 5.10 Å². The van der Waals surface area contributed by atoms with E-state index in [1.54, 1.807) is 0 Å². The summed E-state index contributed by atoms with van der Waals surface area (Å²) >= 11 is 5.44. The summed E-state index contributed by atoms with van der Waals surface area (Å²) in [6.45, 7) is 9.73. The molecule has 0 saturated carbocycles. The highest BCUT2D eigenvalue weighted by Crippen LogP contribution is 2.23. The van der Waals surface area contributed by atoms with Gasteiger partial charge in [-0.3, -0.25) is 4.68 Å². The Kier molecular flexibility index (Phi) is 3.36. The van der Waals surface area contributed by atoms with Gasteiger partial charge in [0.1, 0.15) is 5.52 Å². The maximum atomic E-state index is 5.44. The monoisotopic (exact) mass is 266 g/mol. The van der Waals surface area contributed by atoms with Crippen molar-refractivity contribution in [3.05, 3.63) is 10.5 Å². The third-order valence-electron chi connectivity index (χ3n) is 2.94. The number of H-pyrrole nitrogens is 1. The lowest BCUT2D eigenvalue weighted by molar-refractivity contribution is 0.344. The average Bonchev–Trinajstić information content (AvgIpc) is 2.67. The van der Waals surface area contributed by atoms with E-state index in [4.69, 9.17) is 12.2 Å². The molecule has 0 aliphatic heterocycles. The van der Waals surface area contributed by atoms with Gasteiger partial charge in [0, 0.05) is 13.6 Å². The number of aryl methyl sites for hydroxylation is 2. The SMILES string of the molecule is CCCc1nn(C)c2c1[nH]c(=S)n2CC(C)(C)C. The quantitative estimate of drug-likeness (QED) is 0.864. The third-order valence-corrected chi connectivity index (χ3v) is 3.26. The van der Waals surface area contributed by atoms with Crippen LogP contribution in [0.3, 0.4) is 0 Å². The van der Waals surface area contributed by atoms with E-state index in [1.807, 2.05) is 11.7 Å². The number of aromatic nitrogens is 4. The lowest BCUT2D eigenvalue weighted by atomic mass is 9.97. The minimum atomic E-state index is 0.197. The fourth-order valence-electron chi connectivity index (χ4n) is 2.31. The summed E-state index contributed by atoms with van der Waals surface area (Å²) in [6.07, 6.45) is 2.08. The predicted octanol–water partition coefficient (Wildman–Crippen LogP) is 3.43. The maximum Gasteiger partial charge on any atom is 0.179 e. The summed E-state index contributed by atoms with van der Waals surface area (Å²) in [7, 11) is 1.99. The molecule has 18 heavy (non-hydrogen) atoms. The number of imidazole rings is 1. The first kappa shape index (κ1) is 13.3. The molecule has 0 aromatic carbocycles. The first-order valence-electron chi connectivity index (χ1n) is 6.48. The summed E-state index contributed by atoms with van der Waals surface area (Å²) in [4.78, 5) is 3.32. The second-order valence-electron chi connectivity index (χ2n) is 6.10. The van der Waals surface area contributed by atoms with E-state index in [0.29, 0.717) is 0 Å². The standard InChI is InChI=1S/C13H22N4S/c1-6-7-9-10-11(16(5)15-9)17(12(18)14-10)8-13(2,3)4/h6-8H2,1-5H3,(H,14,18). The Morgan fingerprint density at radius 1 is 1.33 bits per heavy atom. The highest BCUT2D eigenvalue weighted by atomic mass is 32.1. The summed E-state index contributed by atoms with van der Waals surface area (Å²) in [6, 6.07) is 0. The molecule has 0 radical (unpaired) electrons. The molecular formula is C13H22N4S. The zero-order valence-corrected chi connectivity index (χ0v) is 12.7. The summed E-state index contributed by atoms with van der Waals surface area (Å²) in [5.74, 6) is 0. The molecule has 0 atom stereocenters. The van der Waals surface area contributed by atoms with Crippen molar-refractivity contribution in [2.45, 2.75) is 47.1 Å². The molecule has 1 N–H and O–H groups in total. The van der Waals surface area contributed by atoms with Crippen LogP contribution in [-0.4, -0.2) is 19.3 Å². The Hall–Kier alpha value is -1.10. The number of nitrogens with zero attached hydrogens (tertiary/aromatic N) is 3. The minimum Gasteiger partial charge on any atom is -0.328 e. The van der Waals surface area contributed by atoms with Crippen LogP contribution in [0.4, 0.5) is 0 Å². The molecule has 0 fully saturated rings. The van der Waals surface area contributed by atoms with Crippen LogP contribution >= 0.6 is 12.2 Å². The third kappa shape index (κ3) is 2.36. The van der Waals surface area contributed by atoms with E-state index in [-0.39, 0.29) is 5.41 Å². The van der Waals surface area contributed by atoms with Crippen LogP contribution in [-0.2, 0) is 20.0 Å². The van der Waals surface area contributed by atoms with E-state index < -0.39 is 0 Å². The van der Waals surface area contributed by atoms with Gasteiger partial charge in [-0.15, -0.1) is 0 Å². The molecule has 0 bridgehead atoms. The zero-order chi connectivity index (χ0) is 13.5. The van der Waals surface area contributed by atoms with Crippen LogP contribution in [0.2, 0.25) is 0 Å². The molecule has 0 spiro atoms. The molecule has 100 valence electrons. The van der Waals surface area contributed by atoms with Gasteiger partial charge in [-0.25, -0.2) is 0 Å². The average molecular weight is 266 g/mol. The molecule has 5 heteroatoms. The number of hydrogen-bond donors (Lipinski definition) is 1. The van der Waals surface area contributed by atoms with Crippen molar-refractivity contribution in [2.75, 3.05) is 0 Å². The molecule has 2 aromatic heterocycles. The smallest absolute Gasteiger partial charge is 0.179 e. The number of aromatic amines is 1. The van der Waals surface area contributed by atoms with Gasteiger partial charge in [0.2, 0.25) is 0 Å². The van der Waals surface area contributed by atoms with Gasteiger partial charge < -0.3 is 9.55 Å². The van der Waals surface area contributed by atoms with Crippen molar-refractivity contribution in [3.63, 3.8) is 0 Å². The normalized spacial score (nSPS) is 12.5. The van der Waals surface area contributed by atoms with Crippen molar-refractivity contribution >= 4 is 23.4 Å². The van der Waals surface area contributed by atoms with Gasteiger partial charge in [0.05, 0.1) is 5.69 Å². The van der Waals surface area contributed by atoms with Crippen LogP contribution in [0, 0.1) is 10.2 Å². The Labute approximate surface area is 113 Å². The Balaban J connectivity index is 2.61. The van der Waals surface area contributed by atoms with Gasteiger partial charge in [0.15, 0.2) is 10.4 Å². The molecule has 0 amide bonds. The first-order valence-corrected chi connectivity index (χ1v) is 6.88.